The number of nitrogens with one attached hydrogen (secondary N) is 1. The predicted octanol–water partition coefficient (Wildman–Crippen LogP) is 4.89. The Kier molecular flexibility index (Phi) is 7.22. The van der Waals surface area contributed by atoms with E-state index >= 15 is 0 Å². The Bertz CT molecular complexity index is 1320. The quantitative estimate of drug-likeness (QED) is 0.220. The average molecular weight is 458 g/mol. The first-order chi connectivity index (χ1) is 16.1. The van der Waals surface area contributed by atoms with Crippen molar-refractivity contribution in [2.75, 3.05) is 11.1 Å². The van der Waals surface area contributed by atoms with E-state index in [0.717, 1.165) is 11.3 Å². The topological polar surface area (TPSA) is 73.2 Å². The normalized spacial score (nSPS) is 10.7. The summed E-state index contributed by atoms with van der Waals surface area (Å²) in [5.74, 6) is 0.652. The number of rotatable bonds is 9. The molecule has 0 aliphatic rings. The van der Waals surface area contributed by atoms with Gasteiger partial charge in [-0.3, -0.25) is 14.2 Å². The van der Waals surface area contributed by atoms with Crippen LogP contribution in [0.4, 0.5) is 5.69 Å². The SMILES string of the molecule is C=CCn1c(SCC(=O)Nc2ccc(OCc3ccccc3)cc2)nc2ccccc2c1=O. The van der Waals surface area contributed by atoms with Crippen molar-refractivity contribution in [3.63, 3.8) is 0 Å². The highest BCUT2D eigenvalue weighted by atomic mass is 32.2. The fourth-order valence-corrected chi connectivity index (χ4v) is 4.06. The maximum absolute atomic E-state index is 12.8. The predicted molar refractivity (Wildman–Crippen MR) is 133 cm³/mol. The number of amides is 1. The molecule has 33 heavy (non-hydrogen) atoms. The molecule has 0 saturated carbocycles. The third-order valence-corrected chi connectivity index (χ3v) is 5.83. The Labute approximate surface area is 195 Å². The van der Waals surface area contributed by atoms with Crippen molar-refractivity contribution in [1.82, 2.24) is 9.55 Å². The second-order valence-corrected chi connectivity index (χ2v) is 8.19. The highest BCUT2D eigenvalue weighted by Crippen LogP contribution is 2.20. The molecule has 7 heteroatoms. The summed E-state index contributed by atoms with van der Waals surface area (Å²) in [6.07, 6.45) is 1.64. The second kappa shape index (κ2) is 10.7. The number of thioether (sulfide) groups is 1. The van der Waals surface area contributed by atoms with Gasteiger partial charge in [-0.1, -0.05) is 60.3 Å². The smallest absolute Gasteiger partial charge is 0.262 e. The zero-order valence-corrected chi connectivity index (χ0v) is 18.8. The molecule has 1 heterocycles. The molecule has 0 fully saturated rings. The van der Waals surface area contributed by atoms with E-state index in [1.165, 1.54) is 16.3 Å². The average Bonchev–Trinajstić information content (AvgIpc) is 2.85. The summed E-state index contributed by atoms with van der Waals surface area (Å²) in [5.41, 5.74) is 2.22. The van der Waals surface area contributed by atoms with E-state index in [4.69, 9.17) is 4.74 Å². The number of carbonyl (C=O) groups is 1. The van der Waals surface area contributed by atoms with Gasteiger partial charge >= 0.3 is 0 Å². The summed E-state index contributed by atoms with van der Waals surface area (Å²) >= 11 is 1.22. The van der Waals surface area contributed by atoms with Crippen LogP contribution in [0.2, 0.25) is 0 Å². The molecule has 0 bridgehead atoms. The van der Waals surface area contributed by atoms with Crippen LogP contribution in [0.25, 0.3) is 10.9 Å². The van der Waals surface area contributed by atoms with Crippen LogP contribution in [0.3, 0.4) is 0 Å². The first-order valence-corrected chi connectivity index (χ1v) is 11.4. The second-order valence-electron chi connectivity index (χ2n) is 7.25. The number of carbonyl (C=O) groups excluding carboxylic acids is 1. The minimum absolute atomic E-state index is 0.119. The van der Waals surface area contributed by atoms with Crippen molar-refractivity contribution in [2.45, 2.75) is 18.3 Å². The fourth-order valence-electron chi connectivity index (χ4n) is 3.25. The van der Waals surface area contributed by atoms with E-state index in [-0.39, 0.29) is 17.2 Å². The van der Waals surface area contributed by atoms with Crippen molar-refractivity contribution >= 4 is 34.3 Å². The molecule has 6 nitrogen and oxygen atoms in total. The molecular formula is C26H23N3O3S. The number of hydrogen-bond donors (Lipinski definition) is 1. The van der Waals surface area contributed by atoms with Crippen LogP contribution in [-0.2, 0) is 17.9 Å². The number of ether oxygens (including phenoxy) is 1. The van der Waals surface area contributed by atoms with Gasteiger partial charge in [-0.05, 0) is 42.0 Å². The van der Waals surface area contributed by atoms with Gasteiger partial charge in [0, 0.05) is 12.2 Å². The molecule has 4 aromatic rings. The van der Waals surface area contributed by atoms with Gasteiger partial charge in [0.1, 0.15) is 12.4 Å². The van der Waals surface area contributed by atoms with E-state index in [1.807, 2.05) is 54.6 Å². The maximum atomic E-state index is 12.8. The zero-order valence-electron chi connectivity index (χ0n) is 17.9. The molecule has 1 N–H and O–H groups in total. The lowest BCUT2D eigenvalue weighted by Crippen LogP contribution is -2.23. The Morgan fingerprint density at radius 2 is 1.76 bits per heavy atom. The number of allylic oxidation sites excluding steroid dienone is 1. The number of hydrogen-bond acceptors (Lipinski definition) is 5. The third kappa shape index (κ3) is 5.70. The first-order valence-electron chi connectivity index (χ1n) is 10.4. The van der Waals surface area contributed by atoms with Crippen molar-refractivity contribution in [3.8, 4) is 5.75 Å². The van der Waals surface area contributed by atoms with E-state index in [9.17, 15) is 9.59 Å². The van der Waals surface area contributed by atoms with Crippen LogP contribution in [0.1, 0.15) is 5.56 Å². The van der Waals surface area contributed by atoms with Gasteiger partial charge in [0.15, 0.2) is 5.16 Å². The molecule has 0 aliphatic carbocycles. The molecule has 1 aromatic heterocycles. The first kappa shape index (κ1) is 22.4. The van der Waals surface area contributed by atoms with Crippen molar-refractivity contribution in [2.24, 2.45) is 0 Å². The van der Waals surface area contributed by atoms with Gasteiger partial charge in [0.05, 0.1) is 16.7 Å². The zero-order chi connectivity index (χ0) is 23.0. The van der Waals surface area contributed by atoms with Gasteiger partial charge in [-0.2, -0.15) is 0 Å². The largest absolute Gasteiger partial charge is 0.489 e. The number of anilines is 1. The van der Waals surface area contributed by atoms with Crippen LogP contribution in [0.5, 0.6) is 5.75 Å². The van der Waals surface area contributed by atoms with E-state index in [0.29, 0.717) is 34.9 Å². The Morgan fingerprint density at radius 1 is 1.03 bits per heavy atom. The number of fused-ring (bicyclic) bond motifs is 1. The summed E-state index contributed by atoms with van der Waals surface area (Å²) in [6.45, 7) is 4.53. The summed E-state index contributed by atoms with van der Waals surface area (Å²) in [5, 5.41) is 3.89. The van der Waals surface area contributed by atoms with E-state index in [1.54, 1.807) is 30.3 Å². The summed E-state index contributed by atoms with van der Waals surface area (Å²) in [6, 6.07) is 24.3. The lowest BCUT2D eigenvalue weighted by Gasteiger charge is -2.12. The monoisotopic (exact) mass is 457 g/mol. The molecule has 0 unspecified atom stereocenters. The van der Waals surface area contributed by atoms with Crippen LogP contribution in [-0.4, -0.2) is 21.2 Å². The number of para-hydroxylation sites is 1. The Hall–Kier alpha value is -3.84. The minimum Gasteiger partial charge on any atom is -0.489 e. The Balaban J connectivity index is 1.37. The number of nitrogens with zero attached hydrogens (tertiary/aromatic N) is 2. The highest BCUT2D eigenvalue weighted by molar-refractivity contribution is 7.99. The molecule has 0 saturated heterocycles. The van der Waals surface area contributed by atoms with E-state index in [2.05, 4.69) is 16.9 Å². The summed E-state index contributed by atoms with van der Waals surface area (Å²) < 4.78 is 7.31. The van der Waals surface area contributed by atoms with Gasteiger partial charge in [-0.25, -0.2) is 4.98 Å². The van der Waals surface area contributed by atoms with Crippen molar-refractivity contribution in [3.05, 3.63) is 107 Å². The lowest BCUT2D eigenvalue weighted by molar-refractivity contribution is -0.113. The number of benzene rings is 3. The van der Waals surface area contributed by atoms with Crippen LogP contribution in [0.15, 0.2) is 101 Å². The van der Waals surface area contributed by atoms with Gasteiger partial charge < -0.3 is 10.1 Å². The van der Waals surface area contributed by atoms with Crippen LogP contribution < -0.4 is 15.6 Å². The van der Waals surface area contributed by atoms with Crippen molar-refractivity contribution in [1.29, 1.82) is 0 Å². The van der Waals surface area contributed by atoms with Gasteiger partial charge in [-0.15, -0.1) is 6.58 Å². The molecule has 0 spiro atoms. The lowest BCUT2D eigenvalue weighted by atomic mass is 10.2. The Morgan fingerprint density at radius 3 is 2.52 bits per heavy atom. The molecule has 0 aliphatic heterocycles. The van der Waals surface area contributed by atoms with E-state index < -0.39 is 0 Å². The molecular weight excluding hydrogens is 434 g/mol. The molecule has 3 aromatic carbocycles. The standard InChI is InChI=1S/C26H23N3O3S/c1-2-16-29-25(31)22-10-6-7-11-23(22)28-26(29)33-18-24(30)27-20-12-14-21(15-13-20)32-17-19-8-4-3-5-9-19/h2-15H,1,16-18H2,(H,27,30). The van der Waals surface area contributed by atoms with Gasteiger partial charge in [0.2, 0.25) is 5.91 Å². The number of aromatic nitrogens is 2. The maximum Gasteiger partial charge on any atom is 0.262 e. The molecule has 0 radical (unpaired) electrons. The van der Waals surface area contributed by atoms with Crippen LogP contribution >= 0.6 is 11.8 Å². The fraction of sp³-hybridized carbons (Fsp3) is 0.115. The van der Waals surface area contributed by atoms with Crippen molar-refractivity contribution < 1.29 is 9.53 Å². The molecule has 4 rings (SSSR count). The molecule has 1 amide bonds. The summed E-state index contributed by atoms with van der Waals surface area (Å²) in [4.78, 5) is 29.9. The molecule has 166 valence electrons. The van der Waals surface area contributed by atoms with Gasteiger partial charge in [0.25, 0.3) is 5.56 Å². The minimum atomic E-state index is -0.189. The summed E-state index contributed by atoms with van der Waals surface area (Å²) in [7, 11) is 0. The highest BCUT2D eigenvalue weighted by Gasteiger charge is 2.12. The third-order valence-electron chi connectivity index (χ3n) is 4.86. The molecule has 0 atom stereocenters. The van der Waals surface area contributed by atoms with Crippen LogP contribution in [0, 0.1) is 0 Å².